The van der Waals surface area contributed by atoms with E-state index in [9.17, 15) is 9.59 Å². The number of hydrogen-bond donors (Lipinski definition) is 1. The van der Waals surface area contributed by atoms with Crippen LogP contribution in [0.4, 0.5) is 5.69 Å². The SMILES string of the molecule is O=C(Nc1ccccc1)C1CCN(C(=O)c2ccc(Cn3cccn3)cc2)CC1. The predicted octanol–water partition coefficient (Wildman–Crippen LogP) is 3.42. The Labute approximate surface area is 170 Å². The summed E-state index contributed by atoms with van der Waals surface area (Å²) in [5, 5.41) is 7.16. The molecular weight excluding hydrogens is 364 g/mol. The van der Waals surface area contributed by atoms with E-state index in [-0.39, 0.29) is 17.7 Å². The molecule has 2 aromatic carbocycles. The molecule has 148 valence electrons. The lowest BCUT2D eigenvalue weighted by Gasteiger charge is -2.31. The third kappa shape index (κ3) is 4.71. The van der Waals surface area contributed by atoms with E-state index in [4.69, 9.17) is 0 Å². The summed E-state index contributed by atoms with van der Waals surface area (Å²) in [6.07, 6.45) is 5.03. The number of para-hydroxylation sites is 1. The molecule has 1 aliphatic rings. The van der Waals surface area contributed by atoms with E-state index in [1.165, 1.54) is 0 Å². The van der Waals surface area contributed by atoms with Crippen LogP contribution >= 0.6 is 0 Å². The van der Waals surface area contributed by atoms with Crippen LogP contribution in [0.1, 0.15) is 28.8 Å². The molecule has 1 aliphatic heterocycles. The molecule has 0 aliphatic carbocycles. The Morgan fingerprint density at radius 2 is 1.69 bits per heavy atom. The van der Waals surface area contributed by atoms with Crippen molar-refractivity contribution in [2.45, 2.75) is 19.4 Å². The molecule has 1 N–H and O–H groups in total. The van der Waals surface area contributed by atoms with Crippen LogP contribution in [0.3, 0.4) is 0 Å². The average molecular weight is 388 g/mol. The lowest BCUT2D eigenvalue weighted by molar-refractivity contribution is -0.121. The van der Waals surface area contributed by atoms with E-state index in [1.807, 2.05) is 76.4 Å². The number of amides is 2. The molecule has 1 aromatic heterocycles. The number of hydrogen-bond acceptors (Lipinski definition) is 3. The van der Waals surface area contributed by atoms with Crippen molar-refractivity contribution in [2.24, 2.45) is 5.92 Å². The smallest absolute Gasteiger partial charge is 0.253 e. The quantitative estimate of drug-likeness (QED) is 0.728. The summed E-state index contributed by atoms with van der Waals surface area (Å²) in [6, 6.07) is 19.0. The molecule has 29 heavy (non-hydrogen) atoms. The lowest BCUT2D eigenvalue weighted by atomic mass is 9.95. The Hall–Kier alpha value is -3.41. The van der Waals surface area contributed by atoms with Crippen molar-refractivity contribution < 1.29 is 9.59 Å². The second-order valence-corrected chi connectivity index (χ2v) is 7.32. The highest BCUT2D eigenvalue weighted by Gasteiger charge is 2.27. The third-order valence-electron chi connectivity index (χ3n) is 5.30. The van der Waals surface area contributed by atoms with Gasteiger partial charge in [0.15, 0.2) is 0 Å². The number of anilines is 1. The maximum atomic E-state index is 12.8. The Bertz CT molecular complexity index is 944. The van der Waals surface area contributed by atoms with Crippen molar-refractivity contribution in [3.63, 3.8) is 0 Å². The molecule has 3 aromatic rings. The standard InChI is InChI=1S/C23H24N4O2/c28-22(25-21-5-2-1-3-6-21)19-11-15-26(16-12-19)23(29)20-9-7-18(8-10-20)17-27-14-4-13-24-27/h1-10,13-14,19H,11-12,15-17H2,(H,25,28). The second-order valence-electron chi connectivity index (χ2n) is 7.32. The van der Waals surface area contributed by atoms with Crippen LogP contribution in [0.15, 0.2) is 73.1 Å². The fourth-order valence-electron chi connectivity index (χ4n) is 3.63. The van der Waals surface area contributed by atoms with Gasteiger partial charge >= 0.3 is 0 Å². The largest absolute Gasteiger partial charge is 0.339 e. The second kappa shape index (κ2) is 8.73. The van der Waals surface area contributed by atoms with Crippen molar-refractivity contribution >= 4 is 17.5 Å². The fourth-order valence-corrected chi connectivity index (χ4v) is 3.63. The molecule has 6 heteroatoms. The number of likely N-dealkylation sites (tertiary alicyclic amines) is 1. The van der Waals surface area contributed by atoms with Crippen LogP contribution in [0.25, 0.3) is 0 Å². The highest BCUT2D eigenvalue weighted by atomic mass is 16.2. The van der Waals surface area contributed by atoms with Gasteiger partial charge in [0.1, 0.15) is 0 Å². The van der Waals surface area contributed by atoms with Crippen LogP contribution in [-0.4, -0.2) is 39.6 Å². The first-order valence-electron chi connectivity index (χ1n) is 9.90. The summed E-state index contributed by atoms with van der Waals surface area (Å²) in [5.41, 5.74) is 2.59. The van der Waals surface area contributed by atoms with E-state index in [0.717, 1.165) is 11.3 Å². The van der Waals surface area contributed by atoms with Crippen LogP contribution in [0.5, 0.6) is 0 Å². The molecule has 1 fully saturated rings. The molecule has 6 nitrogen and oxygen atoms in total. The van der Waals surface area contributed by atoms with E-state index in [1.54, 1.807) is 6.20 Å². The first-order valence-corrected chi connectivity index (χ1v) is 9.90. The number of aromatic nitrogens is 2. The normalized spacial score (nSPS) is 14.6. The van der Waals surface area contributed by atoms with Gasteiger partial charge in [-0.15, -0.1) is 0 Å². The van der Waals surface area contributed by atoms with Gasteiger partial charge in [-0.2, -0.15) is 5.10 Å². The molecule has 4 rings (SSSR count). The first-order chi connectivity index (χ1) is 14.2. The zero-order valence-corrected chi connectivity index (χ0v) is 16.2. The van der Waals surface area contributed by atoms with Gasteiger partial charge in [-0.3, -0.25) is 14.3 Å². The number of rotatable bonds is 5. The van der Waals surface area contributed by atoms with E-state index < -0.39 is 0 Å². The van der Waals surface area contributed by atoms with Crippen LogP contribution < -0.4 is 5.32 Å². The Balaban J connectivity index is 1.30. The molecule has 0 spiro atoms. The van der Waals surface area contributed by atoms with Gasteiger partial charge < -0.3 is 10.2 Å². The molecule has 0 bridgehead atoms. The number of benzene rings is 2. The van der Waals surface area contributed by atoms with Crippen molar-refractivity contribution in [1.82, 2.24) is 14.7 Å². The van der Waals surface area contributed by atoms with E-state index >= 15 is 0 Å². The van der Waals surface area contributed by atoms with Crippen molar-refractivity contribution in [3.05, 3.63) is 84.2 Å². The minimum Gasteiger partial charge on any atom is -0.339 e. The molecule has 0 saturated carbocycles. The van der Waals surface area contributed by atoms with Gasteiger partial charge in [0, 0.05) is 42.7 Å². The summed E-state index contributed by atoms with van der Waals surface area (Å²) in [4.78, 5) is 27.1. The van der Waals surface area contributed by atoms with Gasteiger partial charge in [0.05, 0.1) is 6.54 Å². The summed E-state index contributed by atoms with van der Waals surface area (Å²) in [7, 11) is 0. The lowest BCUT2D eigenvalue weighted by Crippen LogP contribution is -2.41. The van der Waals surface area contributed by atoms with Gasteiger partial charge in [-0.05, 0) is 48.7 Å². The van der Waals surface area contributed by atoms with Gasteiger partial charge in [0.2, 0.25) is 5.91 Å². The zero-order valence-electron chi connectivity index (χ0n) is 16.2. The van der Waals surface area contributed by atoms with Crippen molar-refractivity contribution in [1.29, 1.82) is 0 Å². The van der Waals surface area contributed by atoms with Crippen molar-refractivity contribution in [2.75, 3.05) is 18.4 Å². The number of carbonyl (C=O) groups excluding carboxylic acids is 2. The van der Waals surface area contributed by atoms with Gasteiger partial charge in [-0.25, -0.2) is 0 Å². The first kappa shape index (κ1) is 18.9. The number of nitrogens with one attached hydrogen (secondary N) is 1. The summed E-state index contributed by atoms with van der Waals surface area (Å²) < 4.78 is 1.85. The maximum Gasteiger partial charge on any atom is 0.253 e. The minimum atomic E-state index is -0.0595. The molecular formula is C23H24N4O2. The highest BCUT2D eigenvalue weighted by Crippen LogP contribution is 2.21. The minimum absolute atomic E-state index is 0.0255. The van der Waals surface area contributed by atoms with Crippen molar-refractivity contribution in [3.8, 4) is 0 Å². The van der Waals surface area contributed by atoms with Crippen LogP contribution in [-0.2, 0) is 11.3 Å². The average Bonchev–Trinajstić information content (AvgIpc) is 3.28. The monoisotopic (exact) mass is 388 g/mol. The molecule has 1 saturated heterocycles. The van der Waals surface area contributed by atoms with E-state index in [2.05, 4.69) is 10.4 Å². The molecule has 2 heterocycles. The third-order valence-corrected chi connectivity index (χ3v) is 5.30. The summed E-state index contributed by atoms with van der Waals surface area (Å²) in [6.45, 7) is 1.88. The maximum absolute atomic E-state index is 12.8. The molecule has 0 unspecified atom stereocenters. The molecule has 0 atom stereocenters. The topological polar surface area (TPSA) is 67.2 Å². The van der Waals surface area contributed by atoms with E-state index in [0.29, 0.717) is 38.0 Å². The summed E-state index contributed by atoms with van der Waals surface area (Å²) in [5.74, 6) is -0.000433. The summed E-state index contributed by atoms with van der Waals surface area (Å²) >= 11 is 0. The fraction of sp³-hybridized carbons (Fsp3) is 0.261. The number of carbonyl (C=O) groups is 2. The van der Waals surface area contributed by atoms with Crippen LogP contribution in [0, 0.1) is 5.92 Å². The van der Waals surface area contributed by atoms with Gasteiger partial charge in [0.25, 0.3) is 5.91 Å². The zero-order chi connectivity index (χ0) is 20.1. The van der Waals surface area contributed by atoms with Gasteiger partial charge in [-0.1, -0.05) is 30.3 Å². The molecule has 2 amide bonds. The number of piperidine rings is 1. The number of nitrogens with zero attached hydrogens (tertiary/aromatic N) is 3. The highest BCUT2D eigenvalue weighted by molar-refractivity contribution is 5.95. The Morgan fingerprint density at radius 1 is 0.966 bits per heavy atom. The molecule has 0 radical (unpaired) electrons. The Kier molecular flexibility index (Phi) is 5.70. The van der Waals surface area contributed by atoms with Crippen LogP contribution in [0.2, 0.25) is 0 Å². The Morgan fingerprint density at radius 3 is 2.34 bits per heavy atom. The predicted molar refractivity (Wildman–Crippen MR) is 111 cm³/mol.